The molecule has 1 nitrogen and oxygen atoms in total. The van der Waals surface area contributed by atoms with E-state index in [1.165, 1.54) is 16.8 Å². The van der Waals surface area contributed by atoms with Gasteiger partial charge in [0.05, 0.1) is 0 Å². The van der Waals surface area contributed by atoms with Crippen molar-refractivity contribution in [1.29, 1.82) is 0 Å². The number of nitrogens with zero attached hydrogens (tertiary/aromatic N) is 1. The van der Waals surface area contributed by atoms with Gasteiger partial charge in [0.25, 0.3) is 0 Å². The lowest BCUT2D eigenvalue weighted by molar-refractivity contribution is 0.779. The van der Waals surface area contributed by atoms with Crippen molar-refractivity contribution in [2.24, 2.45) is 4.99 Å². The van der Waals surface area contributed by atoms with E-state index < -0.39 is 0 Å². The van der Waals surface area contributed by atoms with E-state index in [1.807, 2.05) is 18.2 Å². The maximum atomic E-state index is 5.91. The smallest absolute Gasteiger partial charge is 0.0465 e. The Morgan fingerprint density at radius 3 is 2.39 bits per heavy atom. The fourth-order valence-electron chi connectivity index (χ4n) is 2.38. The minimum absolute atomic E-state index is 0.498. The van der Waals surface area contributed by atoms with Crippen LogP contribution >= 0.6 is 11.6 Å². The summed E-state index contributed by atoms with van der Waals surface area (Å²) in [5.74, 6) is 0.498. The molecule has 2 heteroatoms. The van der Waals surface area contributed by atoms with Gasteiger partial charge < -0.3 is 0 Å². The zero-order valence-corrected chi connectivity index (χ0v) is 10.8. The van der Waals surface area contributed by atoms with Crippen LogP contribution in [0.5, 0.6) is 0 Å². The van der Waals surface area contributed by atoms with Gasteiger partial charge in [0.2, 0.25) is 0 Å². The van der Waals surface area contributed by atoms with Gasteiger partial charge in [-0.1, -0.05) is 54.1 Å². The van der Waals surface area contributed by atoms with Crippen molar-refractivity contribution in [3.05, 3.63) is 70.7 Å². The highest BCUT2D eigenvalue weighted by Crippen LogP contribution is 2.28. The Kier molecular flexibility index (Phi) is 3.16. The summed E-state index contributed by atoms with van der Waals surface area (Å²) in [6, 6.07) is 18.5. The highest BCUT2D eigenvalue weighted by molar-refractivity contribution is 6.30. The number of hydrogen-bond acceptors (Lipinski definition) is 1. The molecule has 1 unspecified atom stereocenters. The van der Waals surface area contributed by atoms with Crippen LogP contribution < -0.4 is 0 Å². The molecule has 18 heavy (non-hydrogen) atoms. The third-order valence-electron chi connectivity index (χ3n) is 3.39. The molecular formula is C16H14ClN. The van der Waals surface area contributed by atoms with Crippen molar-refractivity contribution < 1.29 is 0 Å². The number of rotatable bonds is 2. The van der Waals surface area contributed by atoms with Crippen LogP contribution in [0, 0.1) is 0 Å². The average molecular weight is 256 g/mol. The molecule has 1 aliphatic rings. The molecule has 3 rings (SSSR count). The molecule has 0 N–H and O–H groups in total. The van der Waals surface area contributed by atoms with Gasteiger partial charge in [-0.05, 0) is 29.7 Å². The third-order valence-corrected chi connectivity index (χ3v) is 3.64. The number of aliphatic imine (C=N–C) groups is 1. The monoisotopic (exact) mass is 255 g/mol. The summed E-state index contributed by atoms with van der Waals surface area (Å²) in [5.41, 5.74) is 3.79. The van der Waals surface area contributed by atoms with Gasteiger partial charge in [-0.25, -0.2) is 0 Å². The van der Waals surface area contributed by atoms with Crippen LogP contribution in [-0.4, -0.2) is 12.3 Å². The fourth-order valence-corrected chi connectivity index (χ4v) is 2.51. The summed E-state index contributed by atoms with van der Waals surface area (Å²) in [6.45, 7) is 0.881. The van der Waals surface area contributed by atoms with E-state index in [9.17, 15) is 0 Å². The lowest BCUT2D eigenvalue weighted by Gasteiger charge is -2.09. The highest BCUT2D eigenvalue weighted by Gasteiger charge is 2.20. The van der Waals surface area contributed by atoms with Crippen LogP contribution in [0.25, 0.3) is 0 Å². The van der Waals surface area contributed by atoms with Gasteiger partial charge in [-0.3, -0.25) is 4.99 Å². The van der Waals surface area contributed by atoms with E-state index in [4.69, 9.17) is 11.6 Å². The van der Waals surface area contributed by atoms with Crippen molar-refractivity contribution >= 4 is 17.3 Å². The van der Waals surface area contributed by atoms with Crippen molar-refractivity contribution in [3.63, 3.8) is 0 Å². The molecule has 0 saturated heterocycles. The Bertz CT molecular complexity index is 557. The first-order valence-corrected chi connectivity index (χ1v) is 6.55. The third kappa shape index (κ3) is 2.32. The summed E-state index contributed by atoms with van der Waals surface area (Å²) in [6.07, 6.45) is 1.02. The zero-order valence-electron chi connectivity index (χ0n) is 10.0. The van der Waals surface area contributed by atoms with Gasteiger partial charge in [0.1, 0.15) is 0 Å². The first-order valence-electron chi connectivity index (χ1n) is 6.17. The minimum Gasteiger partial charge on any atom is -0.288 e. The van der Waals surface area contributed by atoms with Crippen molar-refractivity contribution in [2.45, 2.75) is 12.3 Å². The SMILES string of the molecule is Clc1ccc(C2CN=C(c3ccccc3)C2)cc1. The predicted molar refractivity (Wildman–Crippen MR) is 76.7 cm³/mol. The molecule has 90 valence electrons. The topological polar surface area (TPSA) is 12.4 Å². The quantitative estimate of drug-likeness (QED) is 0.758. The largest absolute Gasteiger partial charge is 0.288 e. The minimum atomic E-state index is 0.498. The molecule has 0 saturated carbocycles. The molecule has 0 fully saturated rings. The maximum absolute atomic E-state index is 5.91. The molecule has 1 heterocycles. The maximum Gasteiger partial charge on any atom is 0.0465 e. The second-order valence-electron chi connectivity index (χ2n) is 4.61. The van der Waals surface area contributed by atoms with Crippen molar-refractivity contribution in [3.8, 4) is 0 Å². The summed E-state index contributed by atoms with van der Waals surface area (Å²) >= 11 is 5.91. The Morgan fingerprint density at radius 1 is 0.944 bits per heavy atom. The molecule has 2 aromatic rings. The van der Waals surface area contributed by atoms with Gasteiger partial charge >= 0.3 is 0 Å². The number of hydrogen-bond donors (Lipinski definition) is 0. The van der Waals surface area contributed by atoms with Gasteiger partial charge in [0.15, 0.2) is 0 Å². The Hall–Kier alpha value is -1.60. The summed E-state index contributed by atoms with van der Waals surface area (Å²) in [5, 5.41) is 0.793. The molecule has 2 aromatic carbocycles. The molecular weight excluding hydrogens is 242 g/mol. The molecule has 1 aliphatic heterocycles. The summed E-state index contributed by atoms with van der Waals surface area (Å²) in [4.78, 5) is 4.67. The number of halogens is 1. The molecule has 0 aromatic heterocycles. The van der Waals surface area contributed by atoms with Crippen LogP contribution in [0.4, 0.5) is 0 Å². The molecule has 0 aliphatic carbocycles. The van der Waals surface area contributed by atoms with Crippen molar-refractivity contribution in [1.82, 2.24) is 0 Å². The first kappa shape index (κ1) is 11.5. The molecule has 0 bridgehead atoms. The van der Waals surface area contributed by atoms with Crippen LogP contribution in [0.3, 0.4) is 0 Å². The first-order chi connectivity index (χ1) is 8.83. The summed E-state index contributed by atoms with van der Waals surface area (Å²) < 4.78 is 0. The van der Waals surface area contributed by atoms with Crippen LogP contribution in [0.1, 0.15) is 23.5 Å². The lowest BCUT2D eigenvalue weighted by atomic mass is 9.94. The molecule has 0 spiro atoms. The van der Waals surface area contributed by atoms with Crippen molar-refractivity contribution in [2.75, 3.05) is 6.54 Å². The Morgan fingerprint density at radius 2 is 1.67 bits per heavy atom. The van der Waals surface area contributed by atoms with E-state index >= 15 is 0 Å². The van der Waals surface area contributed by atoms with Gasteiger partial charge in [0, 0.05) is 23.2 Å². The van der Waals surface area contributed by atoms with E-state index in [-0.39, 0.29) is 0 Å². The van der Waals surface area contributed by atoms with Crippen LogP contribution in [-0.2, 0) is 0 Å². The Balaban J connectivity index is 1.76. The fraction of sp³-hybridized carbons (Fsp3) is 0.188. The molecule has 0 amide bonds. The number of benzene rings is 2. The molecule has 1 atom stereocenters. The Labute approximate surface area is 112 Å². The summed E-state index contributed by atoms with van der Waals surface area (Å²) in [7, 11) is 0. The van der Waals surface area contributed by atoms with E-state index in [0.29, 0.717) is 5.92 Å². The van der Waals surface area contributed by atoms with E-state index in [1.54, 1.807) is 0 Å². The zero-order chi connectivity index (χ0) is 12.4. The standard InChI is InChI=1S/C16H14ClN/c17-15-8-6-12(7-9-15)14-10-16(18-11-14)13-4-2-1-3-5-13/h1-9,14H,10-11H2. The van der Waals surface area contributed by atoms with Gasteiger partial charge in [-0.15, -0.1) is 0 Å². The lowest BCUT2D eigenvalue weighted by Crippen LogP contribution is -2.01. The van der Waals surface area contributed by atoms with E-state index in [0.717, 1.165) is 18.0 Å². The second kappa shape index (κ2) is 4.95. The van der Waals surface area contributed by atoms with Crippen LogP contribution in [0.15, 0.2) is 59.6 Å². The molecule has 0 radical (unpaired) electrons. The normalized spacial score (nSPS) is 18.7. The second-order valence-corrected chi connectivity index (χ2v) is 5.04. The highest BCUT2D eigenvalue weighted by atomic mass is 35.5. The van der Waals surface area contributed by atoms with Gasteiger partial charge in [-0.2, -0.15) is 0 Å². The predicted octanol–water partition coefficient (Wildman–Crippen LogP) is 4.32. The average Bonchev–Trinajstić information content (AvgIpc) is 2.90. The van der Waals surface area contributed by atoms with Crippen LogP contribution in [0.2, 0.25) is 5.02 Å². The van der Waals surface area contributed by atoms with E-state index in [2.05, 4.69) is 41.4 Å².